The van der Waals surface area contributed by atoms with Crippen molar-refractivity contribution < 1.29 is 39.8 Å². The number of allylic oxidation sites excluding steroid dienone is 3. The smallest absolute Gasteiger partial charge is 0.220 e. The molecule has 62 heavy (non-hydrogen) atoms. The number of unbranched alkanes of at least 4 members (excludes halogenated alkanes) is 33. The highest BCUT2D eigenvalue weighted by molar-refractivity contribution is 5.76. The van der Waals surface area contributed by atoms with Crippen LogP contribution in [-0.2, 0) is 14.3 Å². The predicted octanol–water partition coefficient (Wildman–Crippen LogP) is 12.2. The van der Waals surface area contributed by atoms with Gasteiger partial charge in [-0.15, -0.1) is 0 Å². The second-order valence-electron chi connectivity index (χ2n) is 18.7. The maximum Gasteiger partial charge on any atom is 0.220 e. The van der Waals surface area contributed by atoms with Crippen molar-refractivity contribution in [1.29, 1.82) is 0 Å². The quantitative estimate of drug-likeness (QED) is 0.0262. The zero-order valence-corrected chi connectivity index (χ0v) is 40.4. The summed E-state index contributed by atoms with van der Waals surface area (Å²) >= 11 is 0. The molecule has 6 N–H and O–H groups in total. The molecular formula is C53H101NO8. The Balaban J connectivity index is 2.21. The molecule has 1 heterocycles. The van der Waals surface area contributed by atoms with Crippen molar-refractivity contribution in [3.63, 3.8) is 0 Å². The standard InChI is InChI=1S/C53H101NO8/c1-3-5-7-9-11-13-15-16-17-18-19-20-21-22-23-24-25-26-27-28-29-30-31-33-34-36-38-40-42-47(56)46(45-61-53-52(60)51(59)50(58)48(44-55)62-53)54-49(57)43-41-39-37-35-32-14-12-10-8-6-4-2/h33-34,40,42,46-48,50-53,55-56,58-60H,3-32,35-39,41,43-45H2,1-2H3,(H,54,57)/b34-33+,42-40+. The Morgan fingerprint density at radius 1 is 0.532 bits per heavy atom. The van der Waals surface area contributed by atoms with E-state index in [2.05, 4.69) is 31.3 Å². The first-order chi connectivity index (χ1) is 30.3. The molecule has 0 aromatic carbocycles. The van der Waals surface area contributed by atoms with Crippen molar-refractivity contribution >= 4 is 5.91 Å². The first-order valence-electron chi connectivity index (χ1n) is 26.6. The van der Waals surface area contributed by atoms with Crippen LogP contribution in [0.3, 0.4) is 0 Å². The number of nitrogens with one attached hydrogen (secondary N) is 1. The van der Waals surface area contributed by atoms with Crippen molar-refractivity contribution in [2.75, 3.05) is 13.2 Å². The van der Waals surface area contributed by atoms with E-state index in [1.165, 1.54) is 193 Å². The van der Waals surface area contributed by atoms with Crippen LogP contribution in [0.4, 0.5) is 0 Å². The zero-order chi connectivity index (χ0) is 45.1. The van der Waals surface area contributed by atoms with Crippen LogP contribution in [0.5, 0.6) is 0 Å². The van der Waals surface area contributed by atoms with Crippen molar-refractivity contribution in [2.24, 2.45) is 0 Å². The van der Waals surface area contributed by atoms with Gasteiger partial charge in [0.15, 0.2) is 6.29 Å². The van der Waals surface area contributed by atoms with Crippen molar-refractivity contribution in [3.8, 4) is 0 Å². The molecule has 0 saturated carbocycles. The minimum absolute atomic E-state index is 0.186. The number of hydrogen-bond acceptors (Lipinski definition) is 8. The summed E-state index contributed by atoms with van der Waals surface area (Å²) in [6, 6.07) is -0.816. The third-order valence-corrected chi connectivity index (χ3v) is 12.8. The molecule has 0 spiro atoms. The van der Waals surface area contributed by atoms with Gasteiger partial charge < -0.3 is 40.3 Å². The zero-order valence-electron chi connectivity index (χ0n) is 40.4. The van der Waals surface area contributed by atoms with Gasteiger partial charge in [0, 0.05) is 6.42 Å². The molecule has 1 saturated heterocycles. The van der Waals surface area contributed by atoms with Crippen LogP contribution in [0.2, 0.25) is 0 Å². The van der Waals surface area contributed by atoms with Gasteiger partial charge in [0.2, 0.25) is 5.91 Å². The van der Waals surface area contributed by atoms with E-state index in [4.69, 9.17) is 9.47 Å². The van der Waals surface area contributed by atoms with Crippen LogP contribution in [0, 0.1) is 0 Å². The van der Waals surface area contributed by atoms with Gasteiger partial charge in [-0.25, -0.2) is 0 Å². The molecule has 0 aromatic heterocycles. The number of rotatable bonds is 45. The number of hydrogen-bond donors (Lipinski definition) is 6. The average Bonchev–Trinajstić information content (AvgIpc) is 3.27. The number of carbonyl (C=O) groups is 1. The van der Waals surface area contributed by atoms with Gasteiger partial charge in [0.25, 0.3) is 0 Å². The van der Waals surface area contributed by atoms with Crippen LogP contribution in [-0.4, -0.2) is 87.5 Å². The normalized spacial score (nSPS) is 20.4. The lowest BCUT2D eigenvalue weighted by Gasteiger charge is -2.40. The third kappa shape index (κ3) is 33.2. The largest absolute Gasteiger partial charge is 0.394 e. The Kier molecular flexibility index (Phi) is 41.2. The summed E-state index contributed by atoms with van der Waals surface area (Å²) < 4.78 is 11.2. The van der Waals surface area contributed by atoms with E-state index < -0.39 is 49.5 Å². The molecule has 7 unspecified atom stereocenters. The van der Waals surface area contributed by atoms with Gasteiger partial charge in [-0.3, -0.25) is 4.79 Å². The van der Waals surface area contributed by atoms with Gasteiger partial charge in [-0.1, -0.05) is 237 Å². The molecule has 0 bridgehead atoms. The lowest BCUT2D eigenvalue weighted by atomic mass is 9.99. The summed E-state index contributed by atoms with van der Waals surface area (Å²) in [6.07, 6.45) is 46.9. The number of ether oxygens (including phenoxy) is 2. The maximum absolute atomic E-state index is 12.9. The van der Waals surface area contributed by atoms with Gasteiger partial charge >= 0.3 is 0 Å². The Labute approximate surface area is 381 Å². The highest BCUT2D eigenvalue weighted by Gasteiger charge is 2.44. The number of amides is 1. The minimum atomic E-state index is -1.57. The molecule has 1 aliphatic heterocycles. The lowest BCUT2D eigenvalue weighted by molar-refractivity contribution is -0.302. The maximum atomic E-state index is 12.9. The minimum Gasteiger partial charge on any atom is -0.394 e. The first kappa shape index (κ1) is 58.7. The van der Waals surface area contributed by atoms with Crippen LogP contribution in [0.1, 0.15) is 251 Å². The Hall–Kier alpha value is -1.33. The second kappa shape index (κ2) is 43.6. The molecule has 366 valence electrons. The molecule has 0 aromatic rings. The molecule has 1 rings (SSSR count). The highest BCUT2D eigenvalue weighted by atomic mass is 16.7. The Morgan fingerprint density at radius 2 is 0.919 bits per heavy atom. The summed E-state index contributed by atoms with van der Waals surface area (Å²) in [4.78, 5) is 12.9. The SMILES string of the molecule is CCCCCCCCCCCCCCCCCCCCCCCC/C=C/CC/C=C/C(O)C(COC1OC(CO)C(O)C(O)C1O)NC(=O)CCCCCCCCCCCCC. The summed E-state index contributed by atoms with van der Waals surface area (Å²) in [5.41, 5.74) is 0. The molecule has 1 amide bonds. The van der Waals surface area contributed by atoms with E-state index in [1.54, 1.807) is 6.08 Å². The molecule has 0 aliphatic carbocycles. The fourth-order valence-electron chi connectivity index (χ4n) is 8.53. The number of aliphatic hydroxyl groups is 5. The second-order valence-corrected chi connectivity index (χ2v) is 18.7. The Morgan fingerprint density at radius 3 is 1.35 bits per heavy atom. The predicted molar refractivity (Wildman–Crippen MR) is 258 cm³/mol. The monoisotopic (exact) mass is 880 g/mol. The van der Waals surface area contributed by atoms with Gasteiger partial charge in [-0.2, -0.15) is 0 Å². The van der Waals surface area contributed by atoms with Crippen LogP contribution >= 0.6 is 0 Å². The van der Waals surface area contributed by atoms with Crippen molar-refractivity contribution in [2.45, 2.75) is 294 Å². The topological polar surface area (TPSA) is 149 Å². The first-order valence-corrected chi connectivity index (χ1v) is 26.6. The molecule has 1 aliphatic rings. The summed E-state index contributed by atoms with van der Waals surface area (Å²) in [7, 11) is 0. The van der Waals surface area contributed by atoms with Crippen LogP contribution in [0.15, 0.2) is 24.3 Å². The molecule has 1 fully saturated rings. The molecule has 9 heteroatoms. The summed E-state index contributed by atoms with van der Waals surface area (Å²) in [5.74, 6) is -0.186. The number of carbonyl (C=O) groups excluding carboxylic acids is 1. The fourth-order valence-corrected chi connectivity index (χ4v) is 8.53. The summed E-state index contributed by atoms with van der Waals surface area (Å²) in [6.45, 7) is 3.77. The van der Waals surface area contributed by atoms with Crippen molar-refractivity contribution in [1.82, 2.24) is 5.32 Å². The van der Waals surface area contributed by atoms with E-state index in [1.807, 2.05) is 6.08 Å². The van der Waals surface area contributed by atoms with Gasteiger partial charge in [0.1, 0.15) is 24.4 Å². The van der Waals surface area contributed by atoms with Gasteiger partial charge in [0.05, 0.1) is 25.4 Å². The van der Waals surface area contributed by atoms with E-state index in [9.17, 15) is 30.3 Å². The lowest BCUT2D eigenvalue weighted by Crippen LogP contribution is -2.60. The van der Waals surface area contributed by atoms with E-state index >= 15 is 0 Å². The van der Waals surface area contributed by atoms with Crippen LogP contribution in [0.25, 0.3) is 0 Å². The summed E-state index contributed by atoms with van der Waals surface area (Å²) in [5, 5.41) is 54.2. The molecule has 0 radical (unpaired) electrons. The van der Waals surface area contributed by atoms with Crippen LogP contribution < -0.4 is 5.32 Å². The number of aliphatic hydroxyl groups excluding tert-OH is 5. The van der Waals surface area contributed by atoms with Crippen molar-refractivity contribution in [3.05, 3.63) is 24.3 Å². The van der Waals surface area contributed by atoms with E-state index in [0.29, 0.717) is 6.42 Å². The van der Waals surface area contributed by atoms with E-state index in [-0.39, 0.29) is 12.5 Å². The van der Waals surface area contributed by atoms with E-state index in [0.717, 1.165) is 38.5 Å². The van der Waals surface area contributed by atoms with Gasteiger partial charge in [-0.05, 0) is 32.1 Å². The molecule has 9 nitrogen and oxygen atoms in total. The third-order valence-electron chi connectivity index (χ3n) is 12.8. The fraction of sp³-hybridized carbons (Fsp3) is 0.906. The molecular weight excluding hydrogens is 779 g/mol. The average molecular weight is 880 g/mol. The Bertz CT molecular complexity index is 1020. The molecule has 7 atom stereocenters. The highest BCUT2D eigenvalue weighted by Crippen LogP contribution is 2.23.